The Balaban J connectivity index is 2.17. The molecule has 1 amide bonds. The van der Waals surface area contributed by atoms with Crippen LogP contribution >= 0.6 is 24.0 Å². The number of anilines is 1. The van der Waals surface area contributed by atoms with Gasteiger partial charge < -0.3 is 9.64 Å². The lowest BCUT2D eigenvalue weighted by atomic mass is 10.0. The predicted octanol–water partition coefficient (Wildman–Crippen LogP) is 2.50. The van der Waals surface area contributed by atoms with E-state index in [-0.39, 0.29) is 17.0 Å². The number of pyridine rings is 1. The van der Waals surface area contributed by atoms with Crippen LogP contribution in [0, 0.1) is 18.3 Å². The Morgan fingerprint density at radius 3 is 2.59 bits per heavy atom. The average molecular weight is 433 g/mol. The van der Waals surface area contributed by atoms with E-state index in [9.17, 15) is 14.9 Å². The molecule has 1 aromatic heterocycles. The number of carbonyl (C=O) groups is 1. The van der Waals surface area contributed by atoms with Crippen molar-refractivity contribution in [3.05, 3.63) is 31.9 Å². The summed E-state index contributed by atoms with van der Waals surface area (Å²) in [5.74, 6) is 0.616. The maximum Gasteiger partial charge on any atom is 0.270 e. The maximum absolute atomic E-state index is 12.9. The molecular weight excluding hydrogens is 408 g/mol. The van der Waals surface area contributed by atoms with Crippen LogP contribution in [0.2, 0.25) is 0 Å². The van der Waals surface area contributed by atoms with Crippen LogP contribution in [0.4, 0.5) is 5.82 Å². The molecule has 0 aliphatic carbocycles. The molecule has 0 N–H and O–H groups in total. The first-order valence-electron chi connectivity index (χ1n) is 9.61. The highest BCUT2D eigenvalue weighted by Crippen LogP contribution is 2.36. The lowest BCUT2D eigenvalue weighted by molar-refractivity contribution is -0.122. The zero-order valence-electron chi connectivity index (χ0n) is 16.9. The first-order valence-corrected chi connectivity index (χ1v) is 10.8. The topological polar surface area (TPSA) is 78.6 Å². The van der Waals surface area contributed by atoms with Crippen molar-refractivity contribution >= 4 is 46.1 Å². The van der Waals surface area contributed by atoms with Gasteiger partial charge in [0.25, 0.3) is 11.5 Å². The molecule has 29 heavy (non-hydrogen) atoms. The summed E-state index contributed by atoms with van der Waals surface area (Å²) in [4.78, 5) is 30.0. The molecular formula is C20H24N4O3S2. The minimum atomic E-state index is -0.279. The number of carbonyl (C=O) groups excluding carboxylic acids is 1. The van der Waals surface area contributed by atoms with Crippen LogP contribution in [0.15, 0.2) is 9.70 Å². The number of thiocarbonyl (C=S) groups is 1. The molecule has 0 radical (unpaired) electrons. The van der Waals surface area contributed by atoms with Crippen molar-refractivity contribution in [1.29, 1.82) is 5.26 Å². The quantitative estimate of drug-likeness (QED) is 0.505. The SMILES string of the molecule is CCn1c(N2CCCC2)c(C=C2SC(=S)N(CCOC)C2=O)c(C)c(C#N)c1=O. The second kappa shape index (κ2) is 9.11. The van der Waals surface area contributed by atoms with Crippen LogP contribution < -0.4 is 10.5 Å². The Morgan fingerprint density at radius 2 is 2.00 bits per heavy atom. The van der Waals surface area contributed by atoms with Gasteiger partial charge in [0.15, 0.2) is 0 Å². The number of ether oxygens (including phenoxy) is 1. The molecule has 2 saturated heterocycles. The Hall–Kier alpha value is -2.15. The van der Waals surface area contributed by atoms with Crippen LogP contribution in [0.1, 0.15) is 36.5 Å². The summed E-state index contributed by atoms with van der Waals surface area (Å²) in [7, 11) is 1.58. The minimum absolute atomic E-state index is 0.121. The summed E-state index contributed by atoms with van der Waals surface area (Å²) in [5.41, 5.74) is 1.19. The molecule has 2 aliphatic rings. The largest absolute Gasteiger partial charge is 0.383 e. The highest BCUT2D eigenvalue weighted by molar-refractivity contribution is 8.26. The van der Waals surface area contributed by atoms with Gasteiger partial charge in [-0.3, -0.25) is 19.1 Å². The molecule has 0 unspecified atom stereocenters. The van der Waals surface area contributed by atoms with E-state index in [0.29, 0.717) is 34.5 Å². The summed E-state index contributed by atoms with van der Waals surface area (Å²) >= 11 is 6.61. The molecule has 0 bridgehead atoms. The lowest BCUT2D eigenvalue weighted by Crippen LogP contribution is -2.33. The molecule has 9 heteroatoms. The average Bonchev–Trinajstić information content (AvgIpc) is 3.31. The Morgan fingerprint density at radius 1 is 1.31 bits per heavy atom. The third-order valence-corrected chi connectivity index (χ3v) is 6.61. The molecule has 0 aromatic carbocycles. The molecule has 2 fully saturated rings. The van der Waals surface area contributed by atoms with Crippen LogP contribution in [0.5, 0.6) is 0 Å². The number of nitrogens with zero attached hydrogens (tertiary/aromatic N) is 4. The van der Waals surface area contributed by atoms with E-state index < -0.39 is 0 Å². The monoisotopic (exact) mass is 432 g/mol. The normalized spacial score (nSPS) is 18.2. The van der Waals surface area contributed by atoms with Gasteiger partial charge >= 0.3 is 0 Å². The Bertz CT molecular complexity index is 971. The summed E-state index contributed by atoms with van der Waals surface area (Å²) in [6.07, 6.45) is 3.90. The van der Waals surface area contributed by atoms with E-state index in [2.05, 4.69) is 11.0 Å². The molecule has 2 aliphatic heterocycles. The number of methoxy groups -OCH3 is 1. The van der Waals surface area contributed by atoms with Crippen molar-refractivity contribution < 1.29 is 9.53 Å². The zero-order valence-corrected chi connectivity index (χ0v) is 18.5. The second-order valence-corrected chi connectivity index (χ2v) is 8.59. The van der Waals surface area contributed by atoms with Gasteiger partial charge in [0.05, 0.1) is 18.1 Å². The second-order valence-electron chi connectivity index (χ2n) is 6.92. The molecule has 0 saturated carbocycles. The van der Waals surface area contributed by atoms with E-state index in [1.54, 1.807) is 24.7 Å². The van der Waals surface area contributed by atoms with Crippen molar-refractivity contribution in [2.24, 2.45) is 0 Å². The van der Waals surface area contributed by atoms with Crippen LogP contribution in [0.25, 0.3) is 6.08 Å². The highest BCUT2D eigenvalue weighted by atomic mass is 32.2. The highest BCUT2D eigenvalue weighted by Gasteiger charge is 2.33. The first-order chi connectivity index (χ1) is 13.9. The smallest absolute Gasteiger partial charge is 0.270 e. The van der Waals surface area contributed by atoms with E-state index in [4.69, 9.17) is 17.0 Å². The summed E-state index contributed by atoms with van der Waals surface area (Å²) in [6.45, 7) is 6.62. The van der Waals surface area contributed by atoms with Crippen LogP contribution in [-0.2, 0) is 16.1 Å². The van der Waals surface area contributed by atoms with Gasteiger partial charge in [-0.05, 0) is 38.3 Å². The first kappa shape index (κ1) is 21.6. The van der Waals surface area contributed by atoms with Crippen LogP contribution in [-0.4, -0.2) is 53.0 Å². The molecule has 0 atom stereocenters. The Labute approximate surface area is 179 Å². The number of hydrogen-bond acceptors (Lipinski definition) is 7. The van der Waals surface area contributed by atoms with Gasteiger partial charge in [-0.25, -0.2) is 0 Å². The van der Waals surface area contributed by atoms with Crippen molar-refractivity contribution in [2.45, 2.75) is 33.2 Å². The number of hydrogen-bond donors (Lipinski definition) is 0. The molecule has 7 nitrogen and oxygen atoms in total. The van der Waals surface area contributed by atoms with Crippen molar-refractivity contribution in [1.82, 2.24) is 9.47 Å². The zero-order chi connectivity index (χ0) is 21.1. The third kappa shape index (κ3) is 3.97. The van der Waals surface area contributed by atoms with Gasteiger partial charge in [0.2, 0.25) is 0 Å². The number of amides is 1. The summed E-state index contributed by atoms with van der Waals surface area (Å²) in [5, 5.41) is 9.58. The number of aromatic nitrogens is 1. The van der Waals surface area contributed by atoms with Gasteiger partial charge in [-0.15, -0.1) is 0 Å². The van der Waals surface area contributed by atoms with E-state index >= 15 is 0 Å². The Kier molecular flexibility index (Phi) is 6.77. The van der Waals surface area contributed by atoms with Gasteiger partial charge in [0.1, 0.15) is 21.8 Å². The predicted molar refractivity (Wildman–Crippen MR) is 119 cm³/mol. The molecule has 3 heterocycles. The summed E-state index contributed by atoms with van der Waals surface area (Å²) < 4.78 is 7.21. The van der Waals surface area contributed by atoms with Crippen molar-refractivity contribution in [3.8, 4) is 6.07 Å². The van der Waals surface area contributed by atoms with Crippen molar-refractivity contribution in [2.75, 3.05) is 38.3 Å². The standard InChI is InChI=1S/C20H24N4O3S2/c1-4-23-17(22-7-5-6-8-22)14(13(2)15(12-21)18(23)25)11-16-19(26)24(9-10-27-3)20(28)29-16/h11H,4-10H2,1-3H3. The number of nitriles is 1. The van der Waals surface area contributed by atoms with E-state index in [1.807, 2.05) is 6.92 Å². The fraction of sp³-hybridized carbons (Fsp3) is 0.500. The van der Waals surface area contributed by atoms with Gasteiger partial charge in [0, 0.05) is 32.3 Å². The minimum Gasteiger partial charge on any atom is -0.383 e. The fourth-order valence-electron chi connectivity index (χ4n) is 3.71. The molecule has 3 rings (SSSR count). The molecule has 154 valence electrons. The summed E-state index contributed by atoms with van der Waals surface area (Å²) in [6, 6.07) is 2.05. The fourth-order valence-corrected chi connectivity index (χ4v) is 5.00. The third-order valence-electron chi connectivity index (χ3n) is 5.24. The number of thioether (sulfide) groups is 1. The number of rotatable bonds is 6. The molecule has 1 aromatic rings. The van der Waals surface area contributed by atoms with Crippen molar-refractivity contribution in [3.63, 3.8) is 0 Å². The van der Waals surface area contributed by atoms with Gasteiger partial charge in [-0.2, -0.15) is 5.26 Å². The van der Waals surface area contributed by atoms with Crippen LogP contribution in [0.3, 0.4) is 0 Å². The molecule has 0 spiro atoms. The van der Waals surface area contributed by atoms with Gasteiger partial charge in [-0.1, -0.05) is 24.0 Å². The maximum atomic E-state index is 12.9. The lowest BCUT2D eigenvalue weighted by Gasteiger charge is -2.26. The van der Waals surface area contributed by atoms with E-state index in [0.717, 1.165) is 37.3 Å². The van der Waals surface area contributed by atoms with E-state index in [1.165, 1.54) is 16.7 Å².